The minimum Gasteiger partial charge on any atom is -0.480 e. The molecule has 0 spiro atoms. The van der Waals surface area contributed by atoms with Crippen LogP contribution in [0.15, 0.2) is 42.9 Å². The summed E-state index contributed by atoms with van der Waals surface area (Å²) in [5.74, 6) is -4.40. The van der Waals surface area contributed by atoms with Gasteiger partial charge in [0.05, 0.1) is 12.4 Å². The van der Waals surface area contributed by atoms with E-state index in [1.807, 2.05) is 30.3 Å². The highest BCUT2D eigenvalue weighted by Crippen LogP contribution is 2.08. The van der Waals surface area contributed by atoms with Crippen LogP contribution in [0.25, 0.3) is 0 Å². The molecular formula is C25H35N7O6. The van der Waals surface area contributed by atoms with Crippen molar-refractivity contribution >= 4 is 29.6 Å². The molecule has 4 amide bonds. The Hall–Kier alpha value is -4.26. The summed E-state index contributed by atoms with van der Waals surface area (Å²) in [6, 6.07) is 4.65. The van der Waals surface area contributed by atoms with Gasteiger partial charge in [0.15, 0.2) is 0 Å². The lowest BCUT2D eigenvalue weighted by Gasteiger charge is -2.27. The van der Waals surface area contributed by atoms with Crippen LogP contribution in [0.1, 0.15) is 37.9 Å². The quantitative estimate of drug-likeness (QED) is 0.151. The number of imidazole rings is 1. The van der Waals surface area contributed by atoms with Crippen molar-refractivity contribution in [3.8, 4) is 0 Å². The molecule has 13 heteroatoms. The summed E-state index contributed by atoms with van der Waals surface area (Å²) >= 11 is 0. The number of nitrogens with two attached hydrogens (primary N) is 2. The first-order valence-corrected chi connectivity index (χ1v) is 12.2. The van der Waals surface area contributed by atoms with Crippen LogP contribution in [-0.4, -0.2) is 68.8 Å². The Kier molecular flexibility index (Phi) is 11.4. The smallest absolute Gasteiger partial charge is 0.326 e. The number of aliphatic carboxylic acids is 1. The van der Waals surface area contributed by atoms with Crippen molar-refractivity contribution in [3.63, 3.8) is 0 Å². The number of carboxylic acid groups (broad SMARTS) is 1. The molecule has 0 radical (unpaired) electrons. The maximum absolute atomic E-state index is 13.2. The molecule has 0 fully saturated rings. The summed E-state index contributed by atoms with van der Waals surface area (Å²) in [5, 5.41) is 17.0. The predicted molar refractivity (Wildman–Crippen MR) is 137 cm³/mol. The number of hydrogen-bond acceptors (Lipinski definition) is 7. The van der Waals surface area contributed by atoms with Crippen LogP contribution in [0.3, 0.4) is 0 Å². The largest absolute Gasteiger partial charge is 0.480 e. The second-order valence-corrected chi connectivity index (χ2v) is 9.27. The minimum atomic E-state index is -1.40. The lowest BCUT2D eigenvalue weighted by molar-refractivity contribution is -0.142. The Morgan fingerprint density at radius 1 is 0.947 bits per heavy atom. The van der Waals surface area contributed by atoms with Crippen LogP contribution in [0.2, 0.25) is 0 Å². The van der Waals surface area contributed by atoms with E-state index >= 15 is 0 Å². The number of nitrogens with one attached hydrogen (secondary N) is 4. The Balaban J connectivity index is 2.14. The lowest BCUT2D eigenvalue weighted by atomic mass is 10.0. The van der Waals surface area contributed by atoms with Gasteiger partial charge in [-0.2, -0.15) is 0 Å². The molecule has 1 heterocycles. The van der Waals surface area contributed by atoms with Crippen molar-refractivity contribution in [2.45, 2.75) is 63.7 Å². The fourth-order valence-corrected chi connectivity index (χ4v) is 3.66. The molecule has 9 N–H and O–H groups in total. The third-order valence-electron chi connectivity index (χ3n) is 5.79. The van der Waals surface area contributed by atoms with E-state index in [0.717, 1.165) is 5.56 Å². The van der Waals surface area contributed by atoms with Crippen molar-refractivity contribution in [1.29, 1.82) is 0 Å². The average molecular weight is 530 g/mol. The van der Waals surface area contributed by atoms with Gasteiger partial charge >= 0.3 is 5.97 Å². The van der Waals surface area contributed by atoms with E-state index in [4.69, 9.17) is 11.5 Å². The van der Waals surface area contributed by atoms with Gasteiger partial charge < -0.3 is 37.5 Å². The molecular weight excluding hydrogens is 494 g/mol. The number of nitrogens with zero attached hydrogens (tertiary/aromatic N) is 1. The third-order valence-corrected chi connectivity index (χ3v) is 5.79. The lowest BCUT2D eigenvalue weighted by Crippen LogP contribution is -2.59. The topological polar surface area (TPSA) is 222 Å². The number of aromatic amines is 1. The molecule has 2 rings (SSSR count). The molecule has 1 aromatic carbocycles. The van der Waals surface area contributed by atoms with Gasteiger partial charge in [0, 0.05) is 24.7 Å². The molecule has 13 nitrogen and oxygen atoms in total. The summed E-state index contributed by atoms with van der Waals surface area (Å²) in [6.45, 7) is 3.45. The van der Waals surface area contributed by atoms with E-state index < -0.39 is 53.8 Å². The van der Waals surface area contributed by atoms with Gasteiger partial charge in [-0.25, -0.2) is 9.78 Å². The highest BCUT2D eigenvalue weighted by Gasteiger charge is 2.32. The first kappa shape index (κ1) is 30.0. The average Bonchev–Trinajstić information content (AvgIpc) is 3.37. The van der Waals surface area contributed by atoms with Crippen LogP contribution in [0, 0.1) is 5.92 Å². The monoisotopic (exact) mass is 529 g/mol. The number of aromatic nitrogens is 2. The highest BCUT2D eigenvalue weighted by atomic mass is 16.4. The summed E-state index contributed by atoms with van der Waals surface area (Å²) in [4.78, 5) is 68.4. The van der Waals surface area contributed by atoms with Crippen molar-refractivity contribution in [2.24, 2.45) is 17.4 Å². The van der Waals surface area contributed by atoms with E-state index in [9.17, 15) is 29.1 Å². The molecule has 0 bridgehead atoms. The van der Waals surface area contributed by atoms with E-state index in [2.05, 4.69) is 25.9 Å². The van der Waals surface area contributed by atoms with Crippen molar-refractivity contribution in [2.75, 3.05) is 0 Å². The molecule has 38 heavy (non-hydrogen) atoms. The maximum atomic E-state index is 13.2. The van der Waals surface area contributed by atoms with Gasteiger partial charge in [-0.05, 0) is 24.3 Å². The van der Waals surface area contributed by atoms with Gasteiger partial charge in [0.25, 0.3) is 0 Å². The molecule has 0 aliphatic carbocycles. The Morgan fingerprint density at radius 2 is 1.61 bits per heavy atom. The summed E-state index contributed by atoms with van der Waals surface area (Å²) in [7, 11) is 0. The molecule has 2 aromatic rings. The number of H-pyrrole nitrogens is 1. The van der Waals surface area contributed by atoms with Crippen molar-refractivity contribution in [3.05, 3.63) is 54.1 Å². The zero-order valence-corrected chi connectivity index (χ0v) is 21.3. The minimum absolute atomic E-state index is 0.0357. The second-order valence-electron chi connectivity index (χ2n) is 9.27. The number of carboxylic acids is 1. The molecule has 1 aromatic heterocycles. The van der Waals surface area contributed by atoms with Crippen molar-refractivity contribution in [1.82, 2.24) is 25.9 Å². The fraction of sp³-hybridized carbons (Fsp3) is 0.440. The third kappa shape index (κ3) is 9.65. The van der Waals surface area contributed by atoms with Crippen LogP contribution in [0.5, 0.6) is 0 Å². The Morgan fingerprint density at radius 3 is 2.16 bits per heavy atom. The number of carbonyl (C=O) groups is 5. The number of amides is 4. The van der Waals surface area contributed by atoms with Gasteiger partial charge in [0.2, 0.25) is 23.6 Å². The van der Waals surface area contributed by atoms with Crippen LogP contribution in [0.4, 0.5) is 0 Å². The second kappa shape index (κ2) is 14.5. The van der Waals surface area contributed by atoms with E-state index in [1.165, 1.54) is 12.5 Å². The Bertz CT molecular complexity index is 1090. The number of benzene rings is 1. The standard InChI is InChI=1S/C25H35N7O6/c1-14(2)21(32-22(34)17(26)10-15-6-4-3-5-7-15)24(36)31-19(11-16-12-28-13-29-16)23(35)30-18(25(37)38)8-9-20(27)33/h3-7,12-14,17-19,21H,8-11,26H2,1-2H3,(H2,27,33)(H,28,29)(H,30,35)(H,31,36)(H,32,34)(H,37,38). The van der Waals surface area contributed by atoms with Gasteiger partial charge in [-0.1, -0.05) is 44.2 Å². The van der Waals surface area contributed by atoms with Crippen molar-refractivity contribution < 1.29 is 29.1 Å². The molecule has 0 saturated heterocycles. The summed E-state index contributed by atoms with van der Waals surface area (Å²) < 4.78 is 0. The number of primary amides is 1. The summed E-state index contributed by atoms with van der Waals surface area (Å²) in [6.07, 6.45) is 2.62. The normalized spacial score (nSPS) is 14.1. The van der Waals surface area contributed by atoms with E-state index in [1.54, 1.807) is 13.8 Å². The molecule has 206 valence electrons. The number of carbonyl (C=O) groups excluding carboxylic acids is 4. The molecule has 4 unspecified atom stereocenters. The van der Waals surface area contributed by atoms with E-state index in [-0.39, 0.29) is 31.6 Å². The first-order chi connectivity index (χ1) is 18.0. The number of hydrogen-bond donors (Lipinski definition) is 7. The fourth-order valence-electron chi connectivity index (χ4n) is 3.66. The van der Waals surface area contributed by atoms with Gasteiger partial charge in [0.1, 0.15) is 18.1 Å². The highest BCUT2D eigenvalue weighted by molar-refractivity contribution is 5.94. The zero-order valence-electron chi connectivity index (χ0n) is 21.3. The molecule has 0 saturated carbocycles. The predicted octanol–water partition coefficient (Wildman–Crippen LogP) is -1.02. The molecule has 0 aliphatic rings. The first-order valence-electron chi connectivity index (χ1n) is 12.2. The van der Waals surface area contributed by atoms with Crippen LogP contribution < -0.4 is 27.4 Å². The molecule has 4 atom stereocenters. The van der Waals surface area contributed by atoms with Crippen LogP contribution >= 0.6 is 0 Å². The SMILES string of the molecule is CC(C)C(NC(=O)C(N)Cc1ccccc1)C(=O)NC(Cc1cnc[nH]1)C(=O)NC(CCC(N)=O)C(=O)O. The Labute approximate surface area is 220 Å². The maximum Gasteiger partial charge on any atom is 0.326 e. The van der Waals surface area contributed by atoms with E-state index in [0.29, 0.717) is 5.69 Å². The summed E-state index contributed by atoms with van der Waals surface area (Å²) in [5.41, 5.74) is 12.5. The van der Waals surface area contributed by atoms with Crippen LogP contribution in [-0.2, 0) is 36.8 Å². The zero-order chi connectivity index (χ0) is 28.2. The van der Waals surface area contributed by atoms with Gasteiger partial charge in [-0.3, -0.25) is 19.2 Å². The van der Waals surface area contributed by atoms with Gasteiger partial charge in [-0.15, -0.1) is 0 Å². The molecule has 0 aliphatic heterocycles. The number of rotatable bonds is 15.